The lowest BCUT2D eigenvalue weighted by molar-refractivity contribution is 0.0963. The van der Waals surface area contributed by atoms with Crippen LogP contribution in [0.3, 0.4) is 0 Å². The molecule has 7 heteroatoms. The molecule has 0 unspecified atom stereocenters. The Morgan fingerprint density at radius 3 is 2.71 bits per heavy atom. The van der Waals surface area contributed by atoms with E-state index in [2.05, 4.69) is 20.4 Å². The maximum Gasteiger partial charge on any atom is 0.251 e. The quantitative estimate of drug-likeness (QED) is 0.746. The van der Waals surface area contributed by atoms with Crippen molar-refractivity contribution in [3.63, 3.8) is 0 Å². The largest absolute Gasteiger partial charge is 0.355 e. The summed E-state index contributed by atoms with van der Waals surface area (Å²) in [5, 5.41) is 8.61. The highest BCUT2D eigenvalue weighted by molar-refractivity contribution is 7.13. The first-order chi connectivity index (χ1) is 11.7. The van der Waals surface area contributed by atoms with Gasteiger partial charge in [-0.15, -0.1) is 11.3 Å². The Balaban J connectivity index is 1.59. The van der Waals surface area contributed by atoms with Gasteiger partial charge < -0.3 is 9.84 Å². The van der Waals surface area contributed by atoms with Gasteiger partial charge in [-0.05, 0) is 36.2 Å². The Hall–Kier alpha value is -2.51. The number of hydrogen-bond donors (Lipinski definition) is 1. The fraction of sp³-hybridized carbons (Fsp3) is 0.235. The van der Waals surface area contributed by atoms with Gasteiger partial charge in [0.05, 0.1) is 11.4 Å². The minimum absolute atomic E-state index is 0.0816. The van der Waals surface area contributed by atoms with E-state index >= 15 is 0 Å². The molecule has 3 rings (SSSR count). The van der Waals surface area contributed by atoms with Crippen molar-refractivity contribution in [2.45, 2.75) is 13.1 Å². The van der Waals surface area contributed by atoms with Gasteiger partial charge in [0.25, 0.3) is 5.91 Å². The molecule has 1 N–H and O–H groups in total. The van der Waals surface area contributed by atoms with E-state index in [9.17, 15) is 4.79 Å². The molecular weight excluding hydrogens is 324 g/mol. The van der Waals surface area contributed by atoms with Crippen molar-refractivity contribution in [2.75, 3.05) is 14.1 Å². The molecule has 2 aromatic heterocycles. The van der Waals surface area contributed by atoms with Gasteiger partial charge in [0.2, 0.25) is 11.7 Å². The van der Waals surface area contributed by atoms with Crippen LogP contribution in [0.4, 0.5) is 0 Å². The highest BCUT2D eigenvalue weighted by atomic mass is 32.1. The van der Waals surface area contributed by atoms with Gasteiger partial charge >= 0.3 is 0 Å². The number of rotatable bonds is 6. The molecule has 0 bridgehead atoms. The molecule has 1 amide bonds. The smallest absolute Gasteiger partial charge is 0.251 e. The molecule has 0 saturated carbocycles. The first-order valence-corrected chi connectivity index (χ1v) is 8.39. The zero-order valence-electron chi connectivity index (χ0n) is 13.5. The van der Waals surface area contributed by atoms with Crippen molar-refractivity contribution in [3.05, 3.63) is 58.8 Å². The fourth-order valence-corrected chi connectivity index (χ4v) is 2.98. The number of benzene rings is 1. The van der Waals surface area contributed by atoms with E-state index < -0.39 is 0 Å². The number of thiophene rings is 1. The van der Waals surface area contributed by atoms with Gasteiger partial charge in [0.1, 0.15) is 0 Å². The number of hydrogen-bond acceptors (Lipinski definition) is 6. The Kier molecular flexibility index (Phi) is 5.02. The lowest BCUT2D eigenvalue weighted by atomic mass is 10.1. The predicted molar refractivity (Wildman–Crippen MR) is 92.6 cm³/mol. The second kappa shape index (κ2) is 7.37. The fourth-order valence-electron chi connectivity index (χ4n) is 2.33. The van der Waals surface area contributed by atoms with Crippen LogP contribution in [0.1, 0.15) is 21.8 Å². The molecule has 3 aromatic rings. The summed E-state index contributed by atoms with van der Waals surface area (Å²) in [5.74, 6) is 1.13. The molecular formula is C17H18N4O2S. The lowest BCUT2D eigenvalue weighted by Gasteiger charge is -2.14. The average Bonchev–Trinajstić information content (AvgIpc) is 3.26. The highest BCUT2D eigenvalue weighted by Crippen LogP contribution is 2.21. The standard InChI is InChI=1S/C17H18N4O2S/c1-18-17(22)13-7-5-12(6-8-13)10-21(2)11-15-19-16(20-23-15)14-4-3-9-24-14/h3-9H,10-11H2,1-2H3,(H,18,22). The minimum atomic E-state index is -0.0816. The summed E-state index contributed by atoms with van der Waals surface area (Å²) in [6.07, 6.45) is 0. The Morgan fingerprint density at radius 1 is 1.25 bits per heavy atom. The molecule has 24 heavy (non-hydrogen) atoms. The van der Waals surface area contributed by atoms with Crippen LogP contribution in [0.15, 0.2) is 46.3 Å². The molecule has 6 nitrogen and oxygen atoms in total. The Bertz CT molecular complexity index is 796. The van der Waals surface area contributed by atoms with Crippen molar-refractivity contribution in [1.82, 2.24) is 20.4 Å². The second-order valence-corrected chi connectivity index (χ2v) is 6.39. The van der Waals surface area contributed by atoms with Crippen molar-refractivity contribution >= 4 is 17.2 Å². The lowest BCUT2D eigenvalue weighted by Crippen LogP contribution is -2.19. The topological polar surface area (TPSA) is 71.3 Å². The third kappa shape index (κ3) is 3.87. The number of carbonyl (C=O) groups excluding carboxylic acids is 1. The molecule has 0 radical (unpaired) electrons. The van der Waals surface area contributed by atoms with Crippen LogP contribution in [-0.4, -0.2) is 35.0 Å². The second-order valence-electron chi connectivity index (χ2n) is 5.44. The Labute approximate surface area is 144 Å². The molecule has 0 saturated heterocycles. The van der Waals surface area contributed by atoms with Crippen LogP contribution in [0.25, 0.3) is 10.7 Å². The molecule has 0 aliphatic rings. The zero-order valence-corrected chi connectivity index (χ0v) is 14.3. The maximum absolute atomic E-state index is 11.5. The monoisotopic (exact) mass is 342 g/mol. The molecule has 0 spiro atoms. The SMILES string of the molecule is CNC(=O)c1ccc(CN(C)Cc2nc(-c3cccs3)no2)cc1. The molecule has 0 aliphatic carbocycles. The van der Waals surface area contributed by atoms with Gasteiger partial charge in [-0.25, -0.2) is 0 Å². The van der Waals surface area contributed by atoms with Crippen LogP contribution in [0, 0.1) is 0 Å². The average molecular weight is 342 g/mol. The van der Waals surface area contributed by atoms with E-state index in [1.54, 1.807) is 18.4 Å². The van der Waals surface area contributed by atoms with Crippen molar-refractivity contribution in [2.24, 2.45) is 0 Å². The third-order valence-electron chi connectivity index (χ3n) is 3.51. The number of carbonyl (C=O) groups is 1. The summed E-state index contributed by atoms with van der Waals surface area (Å²) in [6, 6.07) is 11.5. The molecule has 2 heterocycles. The van der Waals surface area contributed by atoms with Gasteiger partial charge in [-0.3, -0.25) is 9.69 Å². The normalized spacial score (nSPS) is 11.0. The number of aromatic nitrogens is 2. The van der Waals surface area contributed by atoms with E-state index in [0.29, 0.717) is 23.8 Å². The molecule has 0 atom stereocenters. The maximum atomic E-state index is 11.5. The Morgan fingerprint density at radius 2 is 2.04 bits per heavy atom. The number of amides is 1. The van der Waals surface area contributed by atoms with Crippen LogP contribution in [-0.2, 0) is 13.1 Å². The highest BCUT2D eigenvalue weighted by Gasteiger charge is 2.12. The predicted octanol–water partition coefficient (Wildman–Crippen LogP) is 2.79. The van der Waals surface area contributed by atoms with E-state index in [4.69, 9.17) is 4.52 Å². The van der Waals surface area contributed by atoms with Crippen molar-refractivity contribution in [1.29, 1.82) is 0 Å². The summed E-state index contributed by atoms with van der Waals surface area (Å²) < 4.78 is 5.31. The summed E-state index contributed by atoms with van der Waals surface area (Å²) in [4.78, 5) is 19.0. The summed E-state index contributed by atoms with van der Waals surface area (Å²) in [7, 11) is 3.61. The summed E-state index contributed by atoms with van der Waals surface area (Å²) in [6.45, 7) is 1.29. The van der Waals surface area contributed by atoms with Gasteiger partial charge in [0.15, 0.2) is 0 Å². The number of nitrogens with zero attached hydrogens (tertiary/aromatic N) is 3. The van der Waals surface area contributed by atoms with E-state index in [0.717, 1.165) is 17.0 Å². The van der Waals surface area contributed by atoms with Crippen molar-refractivity contribution in [3.8, 4) is 10.7 Å². The van der Waals surface area contributed by atoms with Gasteiger partial charge in [-0.1, -0.05) is 23.4 Å². The molecule has 0 aliphatic heterocycles. The zero-order chi connectivity index (χ0) is 16.9. The van der Waals surface area contributed by atoms with Gasteiger partial charge in [-0.2, -0.15) is 4.98 Å². The van der Waals surface area contributed by atoms with E-state index in [1.807, 2.05) is 48.8 Å². The molecule has 1 aromatic carbocycles. The molecule has 0 fully saturated rings. The van der Waals surface area contributed by atoms with Gasteiger partial charge in [0, 0.05) is 19.2 Å². The first kappa shape index (κ1) is 16.4. The van der Waals surface area contributed by atoms with Crippen LogP contribution < -0.4 is 5.32 Å². The van der Waals surface area contributed by atoms with E-state index in [-0.39, 0.29) is 5.91 Å². The van der Waals surface area contributed by atoms with Crippen LogP contribution in [0.2, 0.25) is 0 Å². The van der Waals surface area contributed by atoms with Crippen molar-refractivity contribution < 1.29 is 9.32 Å². The minimum Gasteiger partial charge on any atom is -0.355 e. The van der Waals surface area contributed by atoms with E-state index in [1.165, 1.54) is 0 Å². The van der Waals surface area contributed by atoms with Crippen LogP contribution in [0.5, 0.6) is 0 Å². The number of nitrogens with one attached hydrogen (secondary N) is 1. The first-order valence-electron chi connectivity index (χ1n) is 7.51. The summed E-state index contributed by atoms with van der Waals surface area (Å²) in [5.41, 5.74) is 1.77. The third-order valence-corrected chi connectivity index (χ3v) is 4.38. The summed E-state index contributed by atoms with van der Waals surface area (Å²) >= 11 is 1.59. The molecule has 124 valence electrons. The van der Waals surface area contributed by atoms with Crippen LogP contribution >= 0.6 is 11.3 Å².